The van der Waals surface area contributed by atoms with E-state index < -0.39 is 0 Å². The van der Waals surface area contributed by atoms with Crippen molar-refractivity contribution in [2.75, 3.05) is 12.4 Å². The summed E-state index contributed by atoms with van der Waals surface area (Å²) in [5, 5.41) is 6.32. The van der Waals surface area contributed by atoms with Gasteiger partial charge in [-0.2, -0.15) is 0 Å². The van der Waals surface area contributed by atoms with Gasteiger partial charge in [0.25, 0.3) is 0 Å². The number of fused-ring (bicyclic) bond motifs is 2. The van der Waals surface area contributed by atoms with Crippen molar-refractivity contribution < 1.29 is 13.9 Å². The summed E-state index contributed by atoms with van der Waals surface area (Å²) in [5.74, 6) is 0.522. The van der Waals surface area contributed by atoms with Crippen molar-refractivity contribution in [3.63, 3.8) is 0 Å². The number of ether oxygens (including phenoxy) is 1. The molecule has 0 radical (unpaired) electrons. The molecule has 4 nitrogen and oxygen atoms in total. The van der Waals surface area contributed by atoms with Crippen LogP contribution in [0, 0.1) is 6.92 Å². The molecule has 0 bridgehead atoms. The van der Waals surface area contributed by atoms with Gasteiger partial charge in [-0.05, 0) is 72.0 Å². The van der Waals surface area contributed by atoms with E-state index in [0.717, 1.165) is 50.9 Å². The summed E-state index contributed by atoms with van der Waals surface area (Å²) in [4.78, 5) is 12.8. The van der Waals surface area contributed by atoms with Crippen LogP contribution in [0.4, 0.5) is 5.69 Å². The van der Waals surface area contributed by atoms with Crippen molar-refractivity contribution in [2.45, 2.75) is 27.2 Å². The number of amides is 1. The Bertz CT molecular complexity index is 1610. The predicted molar refractivity (Wildman–Crippen MR) is 149 cm³/mol. The number of rotatable bonds is 6. The molecule has 5 rings (SSSR count). The van der Waals surface area contributed by atoms with E-state index in [2.05, 4.69) is 48.6 Å². The van der Waals surface area contributed by atoms with E-state index in [-0.39, 0.29) is 5.91 Å². The summed E-state index contributed by atoms with van der Waals surface area (Å²) < 4.78 is 11.8. The molecule has 0 aliphatic rings. The number of benzene rings is 4. The molecule has 0 saturated carbocycles. The Kier molecular flexibility index (Phi) is 6.34. The van der Waals surface area contributed by atoms with Gasteiger partial charge < -0.3 is 14.5 Å². The van der Waals surface area contributed by atoms with Gasteiger partial charge in [-0.15, -0.1) is 0 Å². The van der Waals surface area contributed by atoms with Gasteiger partial charge in [-0.3, -0.25) is 4.79 Å². The summed E-state index contributed by atoms with van der Waals surface area (Å²) in [6.07, 6.45) is 4.38. The predicted octanol–water partition coefficient (Wildman–Crippen LogP) is 8.17. The second-order valence-corrected chi connectivity index (χ2v) is 9.04. The molecule has 0 fully saturated rings. The number of allylic oxidation sites excluding steroid dienone is 1. The topological polar surface area (TPSA) is 51.5 Å². The fourth-order valence-electron chi connectivity index (χ4n) is 4.73. The maximum Gasteiger partial charge on any atom is 0.248 e. The Hall–Kier alpha value is -4.31. The monoisotopic (exact) mass is 475 g/mol. The van der Waals surface area contributed by atoms with E-state index in [1.807, 2.05) is 50.2 Å². The number of hydrogen-bond acceptors (Lipinski definition) is 3. The van der Waals surface area contributed by atoms with Crippen molar-refractivity contribution in [1.82, 2.24) is 0 Å². The number of hydrogen-bond donors (Lipinski definition) is 1. The van der Waals surface area contributed by atoms with Crippen molar-refractivity contribution in [3.8, 4) is 16.9 Å². The van der Waals surface area contributed by atoms with E-state index in [4.69, 9.17) is 9.15 Å². The third kappa shape index (κ3) is 4.38. The Morgan fingerprint density at radius 2 is 1.75 bits per heavy atom. The molecule has 4 aromatic carbocycles. The molecular formula is C32H29NO3. The first-order valence-corrected chi connectivity index (χ1v) is 12.1. The SMILES string of the molecule is CCc1ccc(NC(=O)/C=C(\C)c2cc3c(-c4ccc5ccccc5c4)coc3c(C)c2OC)cc1. The fourth-order valence-corrected chi connectivity index (χ4v) is 4.73. The average Bonchev–Trinajstić information content (AvgIpc) is 3.33. The summed E-state index contributed by atoms with van der Waals surface area (Å²) in [6.45, 7) is 6.02. The standard InChI is InChI=1S/C32H29NO3/c1-5-22-10-14-26(15-11-22)33-30(34)16-20(2)27-18-28-29(19-36-32(28)21(3)31(27)35-4)25-13-12-23-8-6-7-9-24(23)17-25/h6-19H,5H2,1-4H3,(H,33,34)/b20-16+. The second kappa shape index (κ2) is 9.74. The quantitative estimate of drug-likeness (QED) is 0.252. The summed E-state index contributed by atoms with van der Waals surface area (Å²) in [5.41, 5.74) is 7.46. The molecule has 0 spiro atoms. The molecule has 0 aliphatic heterocycles. The lowest BCUT2D eigenvalue weighted by molar-refractivity contribution is -0.111. The first kappa shape index (κ1) is 23.4. The highest BCUT2D eigenvalue weighted by molar-refractivity contribution is 6.06. The molecule has 0 atom stereocenters. The van der Waals surface area contributed by atoms with Gasteiger partial charge in [-0.25, -0.2) is 0 Å². The average molecular weight is 476 g/mol. The molecular weight excluding hydrogens is 446 g/mol. The highest BCUT2D eigenvalue weighted by atomic mass is 16.5. The highest BCUT2D eigenvalue weighted by Crippen LogP contribution is 2.41. The van der Waals surface area contributed by atoms with Crippen LogP contribution < -0.4 is 10.1 Å². The largest absolute Gasteiger partial charge is 0.496 e. The van der Waals surface area contributed by atoms with Gasteiger partial charge in [-0.1, -0.05) is 55.5 Å². The minimum absolute atomic E-state index is 0.182. The minimum Gasteiger partial charge on any atom is -0.496 e. The van der Waals surface area contributed by atoms with Gasteiger partial charge in [0, 0.05) is 33.8 Å². The molecule has 1 aromatic heterocycles. The first-order chi connectivity index (χ1) is 17.5. The fraction of sp³-hybridized carbons (Fsp3) is 0.156. The number of methoxy groups -OCH3 is 1. The van der Waals surface area contributed by atoms with E-state index in [1.54, 1.807) is 19.4 Å². The Morgan fingerprint density at radius 3 is 2.47 bits per heavy atom. The lowest BCUT2D eigenvalue weighted by atomic mass is 9.95. The van der Waals surface area contributed by atoms with Gasteiger partial charge >= 0.3 is 0 Å². The maximum atomic E-state index is 12.8. The van der Waals surface area contributed by atoms with Crippen LogP contribution in [0.3, 0.4) is 0 Å². The Labute approximate surface area is 211 Å². The molecule has 0 unspecified atom stereocenters. The summed E-state index contributed by atoms with van der Waals surface area (Å²) in [7, 11) is 1.65. The molecule has 1 heterocycles. The molecule has 5 aromatic rings. The highest BCUT2D eigenvalue weighted by Gasteiger charge is 2.19. The lowest BCUT2D eigenvalue weighted by Crippen LogP contribution is -2.08. The number of anilines is 1. The Morgan fingerprint density at radius 1 is 1.00 bits per heavy atom. The van der Waals surface area contributed by atoms with Gasteiger partial charge in [0.1, 0.15) is 11.3 Å². The minimum atomic E-state index is -0.182. The van der Waals surface area contributed by atoms with E-state index >= 15 is 0 Å². The molecule has 1 N–H and O–H groups in total. The molecule has 36 heavy (non-hydrogen) atoms. The van der Waals surface area contributed by atoms with Crippen LogP contribution >= 0.6 is 0 Å². The smallest absolute Gasteiger partial charge is 0.248 e. The molecule has 180 valence electrons. The Balaban J connectivity index is 1.54. The molecule has 0 aliphatic carbocycles. The number of aryl methyl sites for hydroxylation is 2. The number of nitrogens with one attached hydrogen (secondary N) is 1. The summed E-state index contributed by atoms with van der Waals surface area (Å²) in [6, 6.07) is 24.7. The third-order valence-electron chi connectivity index (χ3n) is 6.71. The summed E-state index contributed by atoms with van der Waals surface area (Å²) >= 11 is 0. The normalized spacial score (nSPS) is 11.7. The zero-order valence-corrected chi connectivity index (χ0v) is 21.0. The number of carbonyl (C=O) groups is 1. The zero-order chi connectivity index (χ0) is 25.2. The van der Waals surface area contributed by atoms with Crippen molar-refractivity contribution in [2.24, 2.45) is 0 Å². The molecule has 4 heteroatoms. The van der Waals surface area contributed by atoms with Crippen molar-refractivity contribution in [1.29, 1.82) is 0 Å². The van der Waals surface area contributed by atoms with E-state index in [0.29, 0.717) is 5.75 Å². The lowest BCUT2D eigenvalue weighted by Gasteiger charge is -2.13. The van der Waals surface area contributed by atoms with Crippen LogP contribution in [0.2, 0.25) is 0 Å². The van der Waals surface area contributed by atoms with Crippen LogP contribution in [0.1, 0.15) is 30.5 Å². The first-order valence-electron chi connectivity index (χ1n) is 12.1. The zero-order valence-electron chi connectivity index (χ0n) is 21.0. The van der Waals surface area contributed by atoms with Crippen molar-refractivity contribution in [3.05, 3.63) is 102 Å². The third-order valence-corrected chi connectivity index (χ3v) is 6.71. The second-order valence-electron chi connectivity index (χ2n) is 9.04. The van der Waals surface area contributed by atoms with E-state index in [9.17, 15) is 4.79 Å². The van der Waals surface area contributed by atoms with Gasteiger partial charge in [0.2, 0.25) is 5.91 Å². The molecule has 1 amide bonds. The van der Waals surface area contributed by atoms with Crippen LogP contribution in [0.25, 0.3) is 38.4 Å². The van der Waals surface area contributed by atoms with Crippen LogP contribution in [0.15, 0.2) is 89.6 Å². The number of furan rings is 1. The van der Waals surface area contributed by atoms with Crippen molar-refractivity contribution >= 4 is 38.9 Å². The molecule has 0 saturated heterocycles. The number of carbonyl (C=O) groups excluding carboxylic acids is 1. The van der Waals surface area contributed by atoms with Crippen LogP contribution in [-0.4, -0.2) is 13.0 Å². The van der Waals surface area contributed by atoms with Crippen LogP contribution in [-0.2, 0) is 11.2 Å². The van der Waals surface area contributed by atoms with Gasteiger partial charge in [0.15, 0.2) is 0 Å². The van der Waals surface area contributed by atoms with Gasteiger partial charge in [0.05, 0.1) is 13.4 Å². The van der Waals surface area contributed by atoms with Crippen LogP contribution in [0.5, 0.6) is 5.75 Å². The maximum absolute atomic E-state index is 12.8. The van der Waals surface area contributed by atoms with E-state index in [1.165, 1.54) is 16.3 Å².